The average molecular weight is 289 g/mol. The van der Waals surface area contributed by atoms with Crippen molar-refractivity contribution in [2.75, 3.05) is 19.6 Å². The van der Waals surface area contributed by atoms with E-state index in [1.807, 2.05) is 6.07 Å². The predicted molar refractivity (Wildman–Crippen MR) is 86.9 cm³/mol. The van der Waals surface area contributed by atoms with Crippen LogP contribution in [0.4, 0.5) is 0 Å². The van der Waals surface area contributed by atoms with Crippen LogP contribution >= 0.6 is 11.3 Å². The fourth-order valence-corrected chi connectivity index (χ4v) is 3.01. The lowest BCUT2D eigenvalue weighted by molar-refractivity contribution is 0.308. The summed E-state index contributed by atoms with van der Waals surface area (Å²) in [5.41, 5.74) is 9.08. The number of aromatic nitrogens is 1. The van der Waals surface area contributed by atoms with E-state index in [9.17, 15) is 0 Å². The minimum Gasteiger partial charge on any atom is -0.326 e. The van der Waals surface area contributed by atoms with Crippen LogP contribution in [0.3, 0.4) is 0 Å². The number of thiazole rings is 1. The zero-order chi connectivity index (χ0) is 14.4. The Balaban J connectivity index is 2.04. The minimum absolute atomic E-state index is 0.576. The molecule has 0 saturated heterocycles. The Bertz CT molecular complexity index is 532. The Morgan fingerprint density at radius 3 is 2.75 bits per heavy atom. The summed E-state index contributed by atoms with van der Waals surface area (Å²) in [5, 5.41) is 3.36. The molecule has 108 valence electrons. The van der Waals surface area contributed by atoms with Crippen LogP contribution in [0.25, 0.3) is 11.3 Å². The molecule has 0 saturated carbocycles. The molecule has 0 bridgehead atoms. The van der Waals surface area contributed by atoms with Gasteiger partial charge in [0, 0.05) is 30.5 Å². The zero-order valence-electron chi connectivity index (χ0n) is 12.3. The van der Waals surface area contributed by atoms with E-state index in [1.165, 1.54) is 10.6 Å². The minimum atomic E-state index is 0.576. The van der Waals surface area contributed by atoms with E-state index < -0.39 is 0 Å². The van der Waals surface area contributed by atoms with E-state index in [1.54, 1.807) is 11.3 Å². The van der Waals surface area contributed by atoms with Crippen molar-refractivity contribution in [1.82, 2.24) is 9.88 Å². The van der Waals surface area contributed by atoms with Crippen molar-refractivity contribution < 1.29 is 0 Å². The maximum atomic E-state index is 5.69. The summed E-state index contributed by atoms with van der Waals surface area (Å²) >= 11 is 1.75. The first kappa shape index (κ1) is 15.2. The fraction of sp³-hybridized carbons (Fsp3) is 0.438. The normalized spacial score (nSPS) is 11.2. The smallest absolute Gasteiger partial charge is 0.0945 e. The molecule has 1 aromatic carbocycles. The Morgan fingerprint density at radius 1 is 1.25 bits per heavy atom. The summed E-state index contributed by atoms with van der Waals surface area (Å²) in [5.74, 6) is 0. The lowest BCUT2D eigenvalue weighted by atomic mass is 10.1. The third kappa shape index (κ3) is 3.88. The zero-order valence-corrected chi connectivity index (χ0v) is 13.1. The molecule has 2 N–H and O–H groups in total. The summed E-state index contributed by atoms with van der Waals surface area (Å²) in [7, 11) is 0. The number of hydrogen-bond acceptors (Lipinski definition) is 4. The molecule has 0 amide bonds. The fourth-order valence-electron chi connectivity index (χ4n) is 2.21. The second-order valence-corrected chi connectivity index (χ2v) is 5.75. The molecule has 0 aliphatic rings. The molecule has 0 spiro atoms. The third-order valence-electron chi connectivity index (χ3n) is 3.55. The molecule has 0 unspecified atom stereocenters. The van der Waals surface area contributed by atoms with Gasteiger partial charge in [0.15, 0.2) is 0 Å². The van der Waals surface area contributed by atoms with Crippen LogP contribution in [0.2, 0.25) is 0 Å². The van der Waals surface area contributed by atoms with Gasteiger partial charge in [0.25, 0.3) is 0 Å². The van der Waals surface area contributed by atoms with Gasteiger partial charge in [0.2, 0.25) is 0 Å². The van der Waals surface area contributed by atoms with E-state index in [0.29, 0.717) is 6.54 Å². The van der Waals surface area contributed by atoms with Crippen molar-refractivity contribution in [2.45, 2.75) is 26.8 Å². The molecule has 2 rings (SSSR count). The number of likely N-dealkylation sites (N-methyl/N-ethyl adjacent to an activating group) is 1. The summed E-state index contributed by atoms with van der Waals surface area (Å²) < 4.78 is 0. The molecule has 0 atom stereocenters. The molecular formula is C16H23N3S. The molecule has 0 aliphatic heterocycles. The molecule has 0 radical (unpaired) electrons. The summed E-state index contributed by atoms with van der Waals surface area (Å²) in [6, 6.07) is 8.33. The van der Waals surface area contributed by atoms with Crippen LogP contribution in [-0.4, -0.2) is 29.5 Å². The lowest BCUT2D eigenvalue weighted by Crippen LogP contribution is -2.25. The first-order chi connectivity index (χ1) is 9.76. The van der Waals surface area contributed by atoms with Crippen LogP contribution < -0.4 is 5.73 Å². The highest BCUT2D eigenvalue weighted by atomic mass is 32.1. The van der Waals surface area contributed by atoms with E-state index >= 15 is 0 Å². The van der Waals surface area contributed by atoms with Gasteiger partial charge >= 0.3 is 0 Å². The third-order valence-corrected chi connectivity index (χ3v) is 4.46. The second kappa shape index (κ2) is 7.53. The highest BCUT2D eigenvalue weighted by Crippen LogP contribution is 2.23. The molecule has 20 heavy (non-hydrogen) atoms. The molecule has 1 heterocycles. The quantitative estimate of drug-likeness (QED) is 0.851. The molecule has 4 heteroatoms. The van der Waals surface area contributed by atoms with Crippen molar-refractivity contribution >= 4 is 11.3 Å². The number of rotatable bonds is 7. The van der Waals surface area contributed by atoms with Gasteiger partial charge in [-0.05, 0) is 24.7 Å². The van der Waals surface area contributed by atoms with Crippen molar-refractivity contribution in [3.8, 4) is 11.3 Å². The van der Waals surface area contributed by atoms with Gasteiger partial charge in [-0.3, -0.25) is 0 Å². The van der Waals surface area contributed by atoms with Gasteiger partial charge in [0.1, 0.15) is 0 Å². The summed E-state index contributed by atoms with van der Waals surface area (Å²) in [6.45, 7) is 8.28. The van der Waals surface area contributed by atoms with Crippen molar-refractivity contribution in [1.29, 1.82) is 0 Å². The largest absolute Gasteiger partial charge is 0.326 e. The highest BCUT2D eigenvalue weighted by Gasteiger charge is 2.07. The Morgan fingerprint density at radius 2 is 2.05 bits per heavy atom. The monoisotopic (exact) mass is 289 g/mol. The van der Waals surface area contributed by atoms with E-state index in [2.05, 4.69) is 42.3 Å². The number of benzene rings is 1. The predicted octanol–water partition coefficient (Wildman–Crippen LogP) is 3.15. The van der Waals surface area contributed by atoms with Crippen molar-refractivity contribution in [2.24, 2.45) is 5.73 Å². The molecule has 0 fully saturated rings. The Kier molecular flexibility index (Phi) is 5.71. The van der Waals surface area contributed by atoms with Gasteiger partial charge in [-0.1, -0.05) is 32.0 Å². The molecule has 0 aliphatic carbocycles. The number of nitrogens with zero attached hydrogens (tertiary/aromatic N) is 2. The van der Waals surface area contributed by atoms with Gasteiger partial charge in [0.05, 0.1) is 10.7 Å². The van der Waals surface area contributed by atoms with E-state index in [4.69, 9.17) is 10.7 Å². The summed E-state index contributed by atoms with van der Waals surface area (Å²) in [6.07, 6.45) is 1.03. The van der Waals surface area contributed by atoms with Crippen LogP contribution in [0.5, 0.6) is 0 Å². The standard InChI is InChI=1S/C16H23N3S/c1-3-19(4-2)9-8-16-18-15(12-20-16)14-7-5-6-13(10-14)11-17/h5-7,10,12H,3-4,8-9,11,17H2,1-2H3. The van der Waals surface area contributed by atoms with Crippen LogP contribution in [0.15, 0.2) is 29.6 Å². The molecule has 3 nitrogen and oxygen atoms in total. The second-order valence-electron chi connectivity index (χ2n) is 4.81. The van der Waals surface area contributed by atoms with Crippen molar-refractivity contribution in [3.05, 3.63) is 40.2 Å². The van der Waals surface area contributed by atoms with Crippen LogP contribution in [0, 0.1) is 0 Å². The first-order valence-corrected chi connectivity index (χ1v) is 8.10. The number of nitrogens with two attached hydrogens (primary N) is 1. The maximum Gasteiger partial charge on any atom is 0.0945 e. The average Bonchev–Trinajstić information content (AvgIpc) is 2.97. The molecular weight excluding hydrogens is 266 g/mol. The highest BCUT2D eigenvalue weighted by molar-refractivity contribution is 7.09. The lowest BCUT2D eigenvalue weighted by Gasteiger charge is -2.16. The van der Waals surface area contributed by atoms with E-state index in [0.717, 1.165) is 37.3 Å². The van der Waals surface area contributed by atoms with Crippen LogP contribution in [-0.2, 0) is 13.0 Å². The molecule has 2 aromatic rings. The van der Waals surface area contributed by atoms with Gasteiger partial charge in [-0.15, -0.1) is 11.3 Å². The van der Waals surface area contributed by atoms with Gasteiger partial charge in [-0.25, -0.2) is 4.98 Å². The Labute approximate surface area is 125 Å². The maximum absolute atomic E-state index is 5.69. The summed E-state index contributed by atoms with van der Waals surface area (Å²) in [4.78, 5) is 7.17. The van der Waals surface area contributed by atoms with Crippen molar-refractivity contribution in [3.63, 3.8) is 0 Å². The Hall–Kier alpha value is -1.23. The van der Waals surface area contributed by atoms with Gasteiger partial charge in [-0.2, -0.15) is 0 Å². The molecule has 1 aromatic heterocycles. The van der Waals surface area contributed by atoms with E-state index in [-0.39, 0.29) is 0 Å². The number of hydrogen-bond donors (Lipinski definition) is 1. The van der Waals surface area contributed by atoms with Gasteiger partial charge < -0.3 is 10.6 Å². The first-order valence-electron chi connectivity index (χ1n) is 7.23. The topological polar surface area (TPSA) is 42.2 Å². The van der Waals surface area contributed by atoms with Crippen LogP contribution in [0.1, 0.15) is 24.4 Å². The SMILES string of the molecule is CCN(CC)CCc1nc(-c2cccc(CN)c2)cs1.